The number of hydrogen-bond donors (Lipinski definition) is 2. The number of nitrogens with one attached hydrogen (secondary N) is 1. The largest absolute Gasteiger partial charge is 0.387 e. The number of aryl methyl sites for hydroxylation is 1. The van der Waals surface area contributed by atoms with Crippen LogP contribution in [0, 0.1) is 12.8 Å². The van der Waals surface area contributed by atoms with Gasteiger partial charge in [0, 0.05) is 36.4 Å². The number of hydrogen-bond acceptors (Lipinski definition) is 4. The van der Waals surface area contributed by atoms with Crippen molar-refractivity contribution in [2.75, 3.05) is 13.1 Å². The van der Waals surface area contributed by atoms with Gasteiger partial charge in [-0.3, -0.25) is 14.6 Å². The van der Waals surface area contributed by atoms with Crippen LogP contribution < -0.4 is 5.43 Å². The third kappa shape index (κ3) is 3.43. The highest BCUT2D eigenvalue weighted by atomic mass is 16.3. The van der Waals surface area contributed by atoms with E-state index in [2.05, 4.69) is 9.97 Å². The summed E-state index contributed by atoms with van der Waals surface area (Å²) in [6, 6.07) is 11.1. The van der Waals surface area contributed by atoms with Crippen LogP contribution in [0.2, 0.25) is 0 Å². The number of fused-ring (bicyclic) bond motifs is 1. The van der Waals surface area contributed by atoms with Crippen molar-refractivity contribution in [3.05, 3.63) is 75.8 Å². The molecule has 144 valence electrons. The molecule has 0 bridgehead atoms. The first-order valence-electron chi connectivity index (χ1n) is 9.55. The molecule has 1 aliphatic rings. The van der Waals surface area contributed by atoms with Crippen molar-refractivity contribution >= 4 is 16.8 Å². The number of amides is 1. The van der Waals surface area contributed by atoms with Crippen molar-refractivity contribution in [2.24, 2.45) is 5.92 Å². The Bertz CT molecular complexity index is 1050. The highest BCUT2D eigenvalue weighted by molar-refractivity contribution is 5.97. The molecule has 0 spiro atoms. The SMILES string of the molecule is Cc1ccc2[nH]cc(C(=O)N3CCC([C@@H](O)c4ccccn4)CC3)c(=O)c2c1. The van der Waals surface area contributed by atoms with Gasteiger partial charge in [-0.2, -0.15) is 0 Å². The Labute approximate surface area is 162 Å². The van der Waals surface area contributed by atoms with Gasteiger partial charge in [0.15, 0.2) is 0 Å². The lowest BCUT2D eigenvalue weighted by molar-refractivity contribution is 0.0446. The van der Waals surface area contributed by atoms with Gasteiger partial charge >= 0.3 is 0 Å². The van der Waals surface area contributed by atoms with E-state index in [0.717, 1.165) is 11.1 Å². The molecule has 28 heavy (non-hydrogen) atoms. The summed E-state index contributed by atoms with van der Waals surface area (Å²) in [6.45, 7) is 2.95. The summed E-state index contributed by atoms with van der Waals surface area (Å²) in [4.78, 5) is 34.7. The van der Waals surface area contributed by atoms with E-state index in [0.29, 0.717) is 37.0 Å². The van der Waals surface area contributed by atoms with E-state index in [4.69, 9.17) is 0 Å². The zero-order valence-electron chi connectivity index (χ0n) is 15.8. The van der Waals surface area contributed by atoms with E-state index in [1.165, 1.54) is 6.20 Å². The molecule has 0 aliphatic carbocycles. The Morgan fingerprint density at radius 2 is 2.04 bits per heavy atom. The second kappa shape index (κ2) is 7.56. The van der Waals surface area contributed by atoms with Crippen molar-refractivity contribution in [1.29, 1.82) is 0 Å². The van der Waals surface area contributed by atoms with E-state index in [1.54, 1.807) is 17.2 Å². The van der Waals surface area contributed by atoms with Gasteiger partial charge in [-0.05, 0) is 49.9 Å². The van der Waals surface area contributed by atoms with E-state index in [9.17, 15) is 14.7 Å². The number of aliphatic hydroxyl groups is 1. The Hall–Kier alpha value is -2.99. The van der Waals surface area contributed by atoms with Crippen LogP contribution in [0.3, 0.4) is 0 Å². The minimum atomic E-state index is -0.634. The predicted molar refractivity (Wildman–Crippen MR) is 107 cm³/mol. The molecular weight excluding hydrogens is 354 g/mol. The summed E-state index contributed by atoms with van der Waals surface area (Å²) >= 11 is 0. The van der Waals surface area contributed by atoms with Gasteiger partial charge in [0.1, 0.15) is 5.56 Å². The number of piperidine rings is 1. The van der Waals surface area contributed by atoms with Gasteiger partial charge in [0.25, 0.3) is 5.91 Å². The van der Waals surface area contributed by atoms with Gasteiger partial charge in [-0.15, -0.1) is 0 Å². The molecule has 1 aliphatic heterocycles. The minimum Gasteiger partial charge on any atom is -0.387 e. The van der Waals surface area contributed by atoms with E-state index in [1.807, 2.05) is 37.3 Å². The zero-order chi connectivity index (χ0) is 19.7. The number of rotatable bonds is 3. The normalized spacial score (nSPS) is 16.3. The van der Waals surface area contributed by atoms with Crippen LogP contribution in [0.4, 0.5) is 0 Å². The maximum absolute atomic E-state index is 12.9. The molecule has 2 aromatic heterocycles. The van der Waals surface area contributed by atoms with Gasteiger partial charge in [-0.25, -0.2) is 0 Å². The van der Waals surface area contributed by atoms with Crippen LogP contribution >= 0.6 is 0 Å². The lowest BCUT2D eigenvalue weighted by atomic mass is 9.89. The first kappa shape index (κ1) is 18.4. The predicted octanol–water partition coefficient (Wildman–Crippen LogP) is 2.82. The number of benzene rings is 1. The number of aromatic amines is 1. The number of aromatic nitrogens is 2. The van der Waals surface area contributed by atoms with Gasteiger partial charge < -0.3 is 15.0 Å². The highest BCUT2D eigenvalue weighted by Gasteiger charge is 2.30. The average molecular weight is 377 g/mol. The lowest BCUT2D eigenvalue weighted by Crippen LogP contribution is -2.41. The lowest BCUT2D eigenvalue weighted by Gasteiger charge is -2.34. The topological polar surface area (TPSA) is 86.3 Å². The molecule has 3 heterocycles. The van der Waals surface area contributed by atoms with Crippen LogP contribution in [0.5, 0.6) is 0 Å². The van der Waals surface area contributed by atoms with Crippen molar-refractivity contribution in [2.45, 2.75) is 25.9 Å². The first-order valence-corrected chi connectivity index (χ1v) is 9.55. The smallest absolute Gasteiger partial charge is 0.259 e. The molecule has 3 aromatic rings. The monoisotopic (exact) mass is 377 g/mol. The Balaban J connectivity index is 1.49. The second-order valence-corrected chi connectivity index (χ2v) is 7.41. The van der Waals surface area contributed by atoms with E-state index in [-0.39, 0.29) is 22.8 Å². The summed E-state index contributed by atoms with van der Waals surface area (Å²) in [5.41, 5.74) is 2.30. The van der Waals surface area contributed by atoms with Crippen LogP contribution in [-0.2, 0) is 0 Å². The van der Waals surface area contributed by atoms with Crippen LogP contribution in [0.1, 0.15) is 40.6 Å². The fourth-order valence-electron chi connectivity index (χ4n) is 3.87. The van der Waals surface area contributed by atoms with Crippen molar-refractivity contribution < 1.29 is 9.90 Å². The molecule has 1 amide bonds. The Morgan fingerprint density at radius 3 is 2.75 bits per heavy atom. The van der Waals surface area contributed by atoms with Gasteiger partial charge in [0.05, 0.1) is 11.8 Å². The van der Waals surface area contributed by atoms with Gasteiger partial charge in [-0.1, -0.05) is 17.7 Å². The molecule has 6 heteroatoms. The average Bonchev–Trinajstić information content (AvgIpc) is 2.74. The summed E-state index contributed by atoms with van der Waals surface area (Å²) in [7, 11) is 0. The molecule has 4 rings (SSSR count). The van der Waals surface area contributed by atoms with Crippen molar-refractivity contribution in [3.8, 4) is 0 Å². The molecule has 2 N–H and O–H groups in total. The number of carbonyl (C=O) groups is 1. The third-order valence-electron chi connectivity index (χ3n) is 5.53. The van der Waals surface area contributed by atoms with Gasteiger partial charge in [0.2, 0.25) is 5.43 Å². The zero-order valence-corrected chi connectivity index (χ0v) is 15.8. The summed E-state index contributed by atoms with van der Waals surface area (Å²) in [5.74, 6) is -0.202. The number of pyridine rings is 2. The molecule has 1 atom stereocenters. The summed E-state index contributed by atoms with van der Waals surface area (Å²) < 4.78 is 0. The maximum Gasteiger partial charge on any atom is 0.259 e. The Morgan fingerprint density at radius 1 is 1.25 bits per heavy atom. The number of carbonyl (C=O) groups excluding carboxylic acids is 1. The number of likely N-dealkylation sites (tertiary alicyclic amines) is 1. The van der Waals surface area contributed by atoms with Crippen LogP contribution in [0.25, 0.3) is 10.9 Å². The number of nitrogens with zero attached hydrogens (tertiary/aromatic N) is 2. The molecule has 6 nitrogen and oxygen atoms in total. The fourth-order valence-corrected chi connectivity index (χ4v) is 3.87. The minimum absolute atomic E-state index is 0.0523. The van der Waals surface area contributed by atoms with Crippen LogP contribution in [-0.4, -0.2) is 39.0 Å². The fraction of sp³-hybridized carbons (Fsp3) is 0.318. The number of H-pyrrole nitrogens is 1. The molecule has 0 radical (unpaired) electrons. The third-order valence-corrected chi connectivity index (χ3v) is 5.53. The summed E-state index contributed by atoms with van der Waals surface area (Å²) in [5, 5.41) is 11.1. The van der Waals surface area contributed by atoms with E-state index < -0.39 is 6.10 Å². The highest BCUT2D eigenvalue weighted by Crippen LogP contribution is 2.30. The maximum atomic E-state index is 12.9. The second-order valence-electron chi connectivity index (χ2n) is 7.41. The molecule has 1 saturated heterocycles. The summed E-state index contributed by atoms with van der Waals surface area (Å²) in [6.07, 6.45) is 3.90. The Kier molecular flexibility index (Phi) is 4.96. The quantitative estimate of drug-likeness (QED) is 0.735. The number of aliphatic hydroxyl groups excluding tert-OH is 1. The molecular formula is C22H23N3O3. The molecule has 1 fully saturated rings. The van der Waals surface area contributed by atoms with Crippen molar-refractivity contribution in [1.82, 2.24) is 14.9 Å². The van der Waals surface area contributed by atoms with Crippen LogP contribution in [0.15, 0.2) is 53.6 Å². The standard InChI is InChI=1S/C22H23N3O3/c1-14-5-6-18-16(12-14)21(27)17(13-24-18)22(28)25-10-7-15(8-11-25)20(26)19-4-2-3-9-23-19/h2-6,9,12-13,15,20,26H,7-8,10-11H2,1H3,(H,24,27)/t20-/m1/s1. The molecule has 0 unspecified atom stereocenters. The van der Waals surface area contributed by atoms with E-state index >= 15 is 0 Å². The molecule has 0 saturated carbocycles. The van der Waals surface area contributed by atoms with Crippen molar-refractivity contribution in [3.63, 3.8) is 0 Å². The first-order chi connectivity index (χ1) is 13.5. The molecule has 1 aromatic carbocycles.